The van der Waals surface area contributed by atoms with Crippen molar-refractivity contribution in [3.05, 3.63) is 35.5 Å². The maximum atomic E-state index is 10.1. The van der Waals surface area contributed by atoms with Crippen LogP contribution < -0.4 is 0 Å². The fourth-order valence-electron chi connectivity index (χ4n) is 5.87. The van der Waals surface area contributed by atoms with Crippen LogP contribution in [-0.4, -0.2) is 22.4 Å². The Bertz CT molecular complexity index is 571. The van der Waals surface area contributed by atoms with Crippen molar-refractivity contribution < 1.29 is 10.2 Å². The molecule has 3 aliphatic rings. The second-order valence-electron chi connectivity index (χ2n) is 9.13. The van der Waals surface area contributed by atoms with E-state index in [1.165, 1.54) is 43.3 Å². The Morgan fingerprint density at radius 1 is 1.16 bits per heavy atom. The molecule has 0 aliphatic heterocycles. The molecule has 3 aliphatic carbocycles. The molecule has 0 aromatic rings. The van der Waals surface area contributed by atoms with Crippen molar-refractivity contribution in [2.45, 2.75) is 84.3 Å². The van der Waals surface area contributed by atoms with Crippen molar-refractivity contribution in [3.63, 3.8) is 0 Å². The predicted molar refractivity (Wildman–Crippen MR) is 104 cm³/mol. The minimum Gasteiger partial charge on any atom is -0.393 e. The van der Waals surface area contributed by atoms with Gasteiger partial charge >= 0.3 is 0 Å². The highest BCUT2D eigenvalue weighted by Crippen LogP contribution is 2.59. The minimum atomic E-state index is -0.218. The highest BCUT2D eigenvalue weighted by Gasteiger charge is 2.51. The first-order valence-electron chi connectivity index (χ1n) is 10.3. The van der Waals surface area contributed by atoms with Crippen LogP contribution >= 0.6 is 0 Å². The third kappa shape index (κ3) is 3.66. The summed E-state index contributed by atoms with van der Waals surface area (Å²) in [6, 6.07) is 0. The van der Waals surface area contributed by atoms with E-state index in [0.29, 0.717) is 23.2 Å². The van der Waals surface area contributed by atoms with E-state index in [1.807, 2.05) is 6.92 Å². The number of fused-ring (bicyclic) bond motifs is 1. The highest BCUT2D eigenvalue weighted by atomic mass is 16.3. The Balaban J connectivity index is 1.81. The maximum absolute atomic E-state index is 10.1. The number of rotatable bonds is 3. The van der Waals surface area contributed by atoms with Crippen LogP contribution in [0.15, 0.2) is 35.5 Å². The van der Waals surface area contributed by atoms with Crippen LogP contribution in [0, 0.1) is 23.2 Å². The van der Waals surface area contributed by atoms with E-state index >= 15 is 0 Å². The van der Waals surface area contributed by atoms with E-state index in [2.05, 4.69) is 32.6 Å². The number of aliphatic hydroxyl groups is 2. The second kappa shape index (κ2) is 7.40. The molecule has 140 valence electrons. The molecule has 3 rings (SSSR count). The first kappa shape index (κ1) is 18.9. The summed E-state index contributed by atoms with van der Waals surface area (Å²) in [6.45, 7) is 10.8. The van der Waals surface area contributed by atoms with Gasteiger partial charge in [0.25, 0.3) is 0 Å². The van der Waals surface area contributed by atoms with Gasteiger partial charge < -0.3 is 10.2 Å². The molecule has 0 heterocycles. The molecule has 0 aromatic heterocycles. The van der Waals surface area contributed by atoms with Gasteiger partial charge in [-0.1, -0.05) is 43.7 Å². The molecule has 2 N–H and O–H groups in total. The lowest BCUT2D eigenvalue weighted by Gasteiger charge is -2.45. The molecule has 3 saturated carbocycles. The normalized spacial score (nSPS) is 41.8. The molecular formula is C23H36O2. The number of allylic oxidation sites excluding steroid dienone is 4. The predicted octanol–water partition coefficient (Wildman–Crippen LogP) is 5.17. The number of hydrogen-bond acceptors (Lipinski definition) is 2. The van der Waals surface area contributed by atoms with Crippen LogP contribution in [-0.2, 0) is 0 Å². The van der Waals surface area contributed by atoms with Crippen molar-refractivity contribution in [2.24, 2.45) is 23.2 Å². The van der Waals surface area contributed by atoms with Gasteiger partial charge in [0, 0.05) is 0 Å². The van der Waals surface area contributed by atoms with Gasteiger partial charge in [0.1, 0.15) is 0 Å². The fourth-order valence-corrected chi connectivity index (χ4v) is 5.87. The van der Waals surface area contributed by atoms with Crippen molar-refractivity contribution in [1.29, 1.82) is 0 Å². The number of hydrogen-bond donors (Lipinski definition) is 2. The zero-order chi connectivity index (χ0) is 18.2. The van der Waals surface area contributed by atoms with Gasteiger partial charge in [0.15, 0.2) is 0 Å². The zero-order valence-electron chi connectivity index (χ0n) is 16.3. The summed E-state index contributed by atoms with van der Waals surface area (Å²) in [7, 11) is 0. The van der Waals surface area contributed by atoms with E-state index in [4.69, 9.17) is 0 Å². The van der Waals surface area contributed by atoms with E-state index in [-0.39, 0.29) is 12.2 Å². The molecule has 0 amide bonds. The molecular weight excluding hydrogens is 308 g/mol. The minimum absolute atomic E-state index is 0.200. The third-order valence-corrected chi connectivity index (χ3v) is 7.62. The Kier molecular flexibility index (Phi) is 5.60. The summed E-state index contributed by atoms with van der Waals surface area (Å²) in [5.74, 6) is 1.66. The lowest BCUT2D eigenvalue weighted by atomic mass is 9.60. The average Bonchev–Trinajstić information content (AvgIpc) is 2.92. The van der Waals surface area contributed by atoms with E-state index in [0.717, 1.165) is 19.3 Å². The molecule has 0 bridgehead atoms. The summed E-state index contributed by atoms with van der Waals surface area (Å²) in [5, 5.41) is 20.1. The first-order chi connectivity index (χ1) is 11.8. The summed E-state index contributed by atoms with van der Waals surface area (Å²) in [6.07, 6.45) is 13.0. The Morgan fingerprint density at radius 3 is 2.64 bits per heavy atom. The molecule has 0 unspecified atom stereocenters. The molecule has 6 atom stereocenters. The van der Waals surface area contributed by atoms with Crippen molar-refractivity contribution in [1.82, 2.24) is 0 Å². The molecule has 3 fully saturated rings. The third-order valence-electron chi connectivity index (χ3n) is 7.62. The van der Waals surface area contributed by atoms with Gasteiger partial charge in [-0.15, -0.1) is 0 Å². The molecule has 0 radical (unpaired) electrons. The van der Waals surface area contributed by atoms with Gasteiger partial charge in [-0.2, -0.15) is 0 Å². The Labute approximate surface area is 153 Å². The maximum Gasteiger partial charge on any atom is 0.0583 e. The quantitative estimate of drug-likeness (QED) is 0.741. The molecule has 0 aromatic carbocycles. The molecule has 0 spiro atoms. The van der Waals surface area contributed by atoms with E-state index in [1.54, 1.807) is 5.57 Å². The zero-order valence-corrected chi connectivity index (χ0v) is 16.3. The summed E-state index contributed by atoms with van der Waals surface area (Å²) >= 11 is 0. The molecule has 2 heteroatoms. The summed E-state index contributed by atoms with van der Waals surface area (Å²) < 4.78 is 0. The first-order valence-corrected chi connectivity index (χ1v) is 10.3. The average molecular weight is 345 g/mol. The van der Waals surface area contributed by atoms with Crippen LogP contribution in [0.3, 0.4) is 0 Å². The van der Waals surface area contributed by atoms with E-state index in [9.17, 15) is 10.2 Å². The summed E-state index contributed by atoms with van der Waals surface area (Å²) in [4.78, 5) is 0. The van der Waals surface area contributed by atoms with Crippen molar-refractivity contribution in [2.75, 3.05) is 0 Å². The lowest BCUT2D eigenvalue weighted by Crippen LogP contribution is -2.38. The molecule has 0 saturated heterocycles. The number of aliphatic hydroxyl groups excluding tert-OH is 2. The highest BCUT2D eigenvalue weighted by molar-refractivity contribution is 5.36. The molecule has 25 heavy (non-hydrogen) atoms. The fraction of sp³-hybridized carbons (Fsp3) is 0.739. The standard InChI is InChI=1S/C23H36O2/c1-15-7-10-20(25)14-19(15)9-8-18-6-5-13-23(4)21(11-12-22(18)23)16(2)17(3)24/h8-9,16-17,20-22,24-25H,1,5-7,10-14H2,2-4H3/b18-8+,19-9-/t16-,17+,20+,21-,22+,23-/m1/s1. The van der Waals surface area contributed by atoms with Crippen LogP contribution in [0.1, 0.15) is 72.1 Å². The van der Waals surface area contributed by atoms with Gasteiger partial charge in [-0.3, -0.25) is 0 Å². The van der Waals surface area contributed by atoms with Crippen LogP contribution in [0.4, 0.5) is 0 Å². The lowest BCUT2D eigenvalue weighted by molar-refractivity contribution is 0.0298. The van der Waals surface area contributed by atoms with Crippen LogP contribution in [0.2, 0.25) is 0 Å². The van der Waals surface area contributed by atoms with Crippen LogP contribution in [0.25, 0.3) is 0 Å². The van der Waals surface area contributed by atoms with Gasteiger partial charge in [-0.25, -0.2) is 0 Å². The molecule has 2 nitrogen and oxygen atoms in total. The van der Waals surface area contributed by atoms with Gasteiger partial charge in [0.2, 0.25) is 0 Å². The second-order valence-corrected chi connectivity index (χ2v) is 9.13. The monoisotopic (exact) mass is 344 g/mol. The smallest absolute Gasteiger partial charge is 0.0583 e. The van der Waals surface area contributed by atoms with Crippen molar-refractivity contribution in [3.8, 4) is 0 Å². The van der Waals surface area contributed by atoms with E-state index < -0.39 is 0 Å². The van der Waals surface area contributed by atoms with Crippen LogP contribution in [0.5, 0.6) is 0 Å². The van der Waals surface area contributed by atoms with Crippen molar-refractivity contribution >= 4 is 0 Å². The van der Waals surface area contributed by atoms with Gasteiger partial charge in [-0.05, 0) is 87.0 Å². The topological polar surface area (TPSA) is 40.5 Å². The largest absolute Gasteiger partial charge is 0.393 e. The Morgan fingerprint density at radius 2 is 1.92 bits per heavy atom. The summed E-state index contributed by atoms with van der Waals surface area (Å²) in [5.41, 5.74) is 4.37. The Hall–Kier alpha value is -0.860. The SMILES string of the molecule is C=C1CC[C@H](O)C/C1=C/C=C1\CCC[C@]2(C)[C@@H]([C@H](C)[C@H](C)O)CC[C@@H]12. The van der Waals surface area contributed by atoms with Gasteiger partial charge in [0.05, 0.1) is 12.2 Å².